The standard InChI is InChI=1S/C17H21N3O3S.ClH/c1-12(21)19-16-8-9-17(15-7-3-2-6-14(15)16)24(22,23)20-10-4-5-13(18)11-20;/h2-3,6-9,13H,4-5,10-11,18H2,1H3,(H,19,21);1H. The normalized spacial score (nSPS) is 18.6. The number of hydrogen-bond donors (Lipinski definition) is 2. The van der Waals surface area contributed by atoms with Crippen LogP contribution in [0.5, 0.6) is 0 Å². The molecule has 1 heterocycles. The fraction of sp³-hybridized carbons (Fsp3) is 0.353. The molecule has 3 rings (SSSR count). The number of nitrogens with two attached hydrogens (primary N) is 1. The maximum Gasteiger partial charge on any atom is 0.243 e. The number of nitrogens with zero attached hydrogens (tertiary/aromatic N) is 1. The molecular formula is C17H22ClN3O3S. The van der Waals surface area contributed by atoms with Gasteiger partial charge >= 0.3 is 0 Å². The Morgan fingerprint density at radius 3 is 2.52 bits per heavy atom. The Kier molecular flexibility index (Phi) is 6.05. The van der Waals surface area contributed by atoms with E-state index in [-0.39, 0.29) is 29.3 Å². The van der Waals surface area contributed by atoms with Crippen molar-refractivity contribution >= 4 is 44.8 Å². The average Bonchev–Trinajstić information content (AvgIpc) is 2.54. The molecule has 1 aliphatic heterocycles. The quantitative estimate of drug-likeness (QED) is 0.850. The largest absolute Gasteiger partial charge is 0.327 e. The van der Waals surface area contributed by atoms with Gasteiger partial charge in [-0.2, -0.15) is 4.31 Å². The molecular weight excluding hydrogens is 362 g/mol. The number of nitrogens with one attached hydrogen (secondary N) is 1. The van der Waals surface area contributed by atoms with Crippen LogP contribution in [0, 0.1) is 0 Å². The molecule has 1 atom stereocenters. The highest BCUT2D eigenvalue weighted by Gasteiger charge is 2.30. The van der Waals surface area contributed by atoms with Gasteiger partial charge in [0, 0.05) is 42.5 Å². The summed E-state index contributed by atoms with van der Waals surface area (Å²) in [7, 11) is -3.63. The van der Waals surface area contributed by atoms with Crippen molar-refractivity contribution in [3.8, 4) is 0 Å². The minimum absolute atomic E-state index is 0. The van der Waals surface area contributed by atoms with Crippen molar-refractivity contribution in [2.75, 3.05) is 18.4 Å². The van der Waals surface area contributed by atoms with Gasteiger partial charge in [0.25, 0.3) is 0 Å². The van der Waals surface area contributed by atoms with Crippen molar-refractivity contribution in [1.29, 1.82) is 0 Å². The third kappa shape index (κ3) is 3.95. The van der Waals surface area contributed by atoms with Gasteiger partial charge in [-0.05, 0) is 25.0 Å². The van der Waals surface area contributed by atoms with E-state index < -0.39 is 10.0 Å². The highest BCUT2D eigenvalue weighted by molar-refractivity contribution is 7.89. The van der Waals surface area contributed by atoms with Gasteiger partial charge in [0.05, 0.1) is 4.90 Å². The van der Waals surface area contributed by atoms with E-state index in [2.05, 4.69) is 5.32 Å². The topological polar surface area (TPSA) is 92.5 Å². The van der Waals surface area contributed by atoms with Crippen LogP contribution < -0.4 is 11.1 Å². The van der Waals surface area contributed by atoms with Crippen LogP contribution in [0.25, 0.3) is 10.8 Å². The van der Waals surface area contributed by atoms with E-state index in [0.29, 0.717) is 29.5 Å². The zero-order valence-electron chi connectivity index (χ0n) is 13.9. The average molecular weight is 384 g/mol. The summed E-state index contributed by atoms with van der Waals surface area (Å²) in [4.78, 5) is 11.6. The molecule has 25 heavy (non-hydrogen) atoms. The number of benzene rings is 2. The SMILES string of the molecule is CC(=O)Nc1ccc(S(=O)(=O)N2CCCC(N)C2)c2ccccc12.Cl. The zero-order valence-corrected chi connectivity index (χ0v) is 15.6. The second-order valence-electron chi connectivity index (χ2n) is 6.10. The van der Waals surface area contributed by atoms with Crippen molar-refractivity contribution in [2.24, 2.45) is 5.73 Å². The molecule has 2 aromatic carbocycles. The predicted molar refractivity (Wildman–Crippen MR) is 101 cm³/mol. The number of carbonyl (C=O) groups is 1. The van der Waals surface area contributed by atoms with Gasteiger partial charge < -0.3 is 11.1 Å². The molecule has 3 N–H and O–H groups in total. The first-order chi connectivity index (χ1) is 11.4. The van der Waals surface area contributed by atoms with Crippen LogP contribution in [0.1, 0.15) is 19.8 Å². The first kappa shape index (κ1) is 19.7. The van der Waals surface area contributed by atoms with Crippen molar-refractivity contribution in [1.82, 2.24) is 4.31 Å². The van der Waals surface area contributed by atoms with Gasteiger partial charge in [-0.25, -0.2) is 8.42 Å². The molecule has 0 aromatic heterocycles. The minimum Gasteiger partial charge on any atom is -0.327 e. The Morgan fingerprint density at radius 1 is 1.20 bits per heavy atom. The molecule has 0 bridgehead atoms. The van der Waals surface area contributed by atoms with Gasteiger partial charge in [-0.1, -0.05) is 24.3 Å². The number of fused-ring (bicyclic) bond motifs is 1. The molecule has 0 saturated carbocycles. The summed E-state index contributed by atoms with van der Waals surface area (Å²) in [5.41, 5.74) is 6.54. The molecule has 8 heteroatoms. The Hall–Kier alpha value is -1.67. The lowest BCUT2D eigenvalue weighted by atomic mass is 10.1. The van der Waals surface area contributed by atoms with Gasteiger partial charge in [-0.3, -0.25) is 4.79 Å². The van der Waals surface area contributed by atoms with Crippen LogP contribution in [0.15, 0.2) is 41.3 Å². The van der Waals surface area contributed by atoms with Crippen LogP contribution in [-0.4, -0.2) is 37.8 Å². The summed E-state index contributed by atoms with van der Waals surface area (Å²) in [6, 6.07) is 10.3. The first-order valence-corrected chi connectivity index (χ1v) is 9.38. The van der Waals surface area contributed by atoms with Crippen LogP contribution in [0.4, 0.5) is 5.69 Å². The summed E-state index contributed by atoms with van der Waals surface area (Å²) < 4.78 is 27.6. The molecule has 1 unspecified atom stereocenters. The van der Waals surface area contributed by atoms with Gasteiger partial charge in [0.1, 0.15) is 0 Å². The number of anilines is 1. The van der Waals surface area contributed by atoms with Gasteiger partial charge in [0.2, 0.25) is 15.9 Å². The Morgan fingerprint density at radius 2 is 1.88 bits per heavy atom. The van der Waals surface area contributed by atoms with Crippen LogP contribution >= 0.6 is 12.4 Å². The van der Waals surface area contributed by atoms with Gasteiger partial charge in [0.15, 0.2) is 0 Å². The summed E-state index contributed by atoms with van der Waals surface area (Å²) in [6.45, 7) is 2.25. The Labute approximate surface area is 153 Å². The van der Waals surface area contributed by atoms with E-state index in [1.54, 1.807) is 24.3 Å². The number of piperidine rings is 1. The summed E-state index contributed by atoms with van der Waals surface area (Å²) in [5, 5.41) is 4.05. The summed E-state index contributed by atoms with van der Waals surface area (Å²) in [6.07, 6.45) is 1.61. The molecule has 2 aromatic rings. The fourth-order valence-electron chi connectivity index (χ4n) is 3.13. The first-order valence-electron chi connectivity index (χ1n) is 7.94. The molecule has 1 fully saturated rings. The van der Waals surface area contributed by atoms with E-state index in [9.17, 15) is 13.2 Å². The second-order valence-corrected chi connectivity index (χ2v) is 8.01. The van der Waals surface area contributed by atoms with Gasteiger partial charge in [-0.15, -0.1) is 12.4 Å². The smallest absolute Gasteiger partial charge is 0.243 e. The maximum atomic E-state index is 13.1. The molecule has 1 aliphatic rings. The molecule has 1 saturated heterocycles. The number of carbonyl (C=O) groups excluding carboxylic acids is 1. The van der Waals surface area contributed by atoms with Crippen molar-refractivity contribution < 1.29 is 13.2 Å². The van der Waals surface area contributed by atoms with E-state index in [1.165, 1.54) is 11.2 Å². The lowest BCUT2D eigenvalue weighted by Crippen LogP contribution is -2.45. The third-order valence-electron chi connectivity index (χ3n) is 4.23. The number of amides is 1. The molecule has 0 radical (unpaired) electrons. The maximum absolute atomic E-state index is 13.1. The van der Waals surface area contributed by atoms with E-state index in [0.717, 1.165) is 12.8 Å². The highest BCUT2D eigenvalue weighted by atomic mass is 35.5. The van der Waals surface area contributed by atoms with Crippen molar-refractivity contribution in [2.45, 2.75) is 30.7 Å². The van der Waals surface area contributed by atoms with E-state index >= 15 is 0 Å². The zero-order chi connectivity index (χ0) is 17.3. The van der Waals surface area contributed by atoms with Crippen LogP contribution in [0.2, 0.25) is 0 Å². The minimum atomic E-state index is -3.63. The monoisotopic (exact) mass is 383 g/mol. The lowest BCUT2D eigenvalue weighted by molar-refractivity contribution is -0.114. The number of rotatable bonds is 3. The summed E-state index contributed by atoms with van der Waals surface area (Å²) >= 11 is 0. The number of sulfonamides is 1. The number of hydrogen-bond acceptors (Lipinski definition) is 4. The molecule has 0 aliphatic carbocycles. The van der Waals surface area contributed by atoms with E-state index in [4.69, 9.17) is 5.73 Å². The fourth-order valence-corrected chi connectivity index (χ4v) is 4.86. The molecule has 0 spiro atoms. The molecule has 6 nitrogen and oxygen atoms in total. The lowest BCUT2D eigenvalue weighted by Gasteiger charge is -2.30. The van der Waals surface area contributed by atoms with Crippen LogP contribution in [-0.2, 0) is 14.8 Å². The predicted octanol–water partition coefficient (Wildman–Crippen LogP) is 2.33. The van der Waals surface area contributed by atoms with Crippen molar-refractivity contribution in [3.05, 3.63) is 36.4 Å². The van der Waals surface area contributed by atoms with Crippen molar-refractivity contribution in [3.63, 3.8) is 0 Å². The second kappa shape index (κ2) is 7.70. The highest BCUT2D eigenvalue weighted by Crippen LogP contribution is 2.32. The molecule has 136 valence electrons. The Bertz CT molecular complexity index is 886. The third-order valence-corrected chi connectivity index (χ3v) is 6.16. The molecule has 1 amide bonds. The van der Waals surface area contributed by atoms with Crippen LogP contribution in [0.3, 0.4) is 0 Å². The Balaban J connectivity index is 0.00000225. The van der Waals surface area contributed by atoms with E-state index in [1.807, 2.05) is 12.1 Å². The number of halogens is 1. The summed E-state index contributed by atoms with van der Waals surface area (Å²) in [5.74, 6) is -0.197.